The van der Waals surface area contributed by atoms with E-state index >= 15 is 0 Å². The molecule has 0 saturated carbocycles. The van der Waals surface area contributed by atoms with Crippen LogP contribution in [-0.2, 0) is 4.79 Å². The minimum atomic E-state index is -0.550. The lowest BCUT2D eigenvalue weighted by Crippen LogP contribution is -2.30. The molecule has 1 fully saturated rings. The van der Waals surface area contributed by atoms with Crippen molar-refractivity contribution >= 4 is 29.3 Å². The highest BCUT2D eigenvalue weighted by Crippen LogP contribution is 2.29. The Kier molecular flexibility index (Phi) is 5.86. The summed E-state index contributed by atoms with van der Waals surface area (Å²) < 4.78 is 13.2. The van der Waals surface area contributed by atoms with Crippen LogP contribution in [0, 0.1) is 5.82 Å². The van der Waals surface area contributed by atoms with E-state index in [0.29, 0.717) is 16.8 Å². The molecule has 3 rings (SSSR count). The minimum Gasteiger partial charge on any atom is -0.370 e. The first-order valence-corrected chi connectivity index (χ1v) is 8.96. The van der Waals surface area contributed by atoms with Crippen molar-refractivity contribution < 1.29 is 14.0 Å². The van der Waals surface area contributed by atoms with Crippen molar-refractivity contribution in [3.05, 3.63) is 65.5 Å². The van der Waals surface area contributed by atoms with Crippen molar-refractivity contribution in [1.29, 1.82) is 0 Å². The Morgan fingerprint density at radius 2 is 1.85 bits per heavy atom. The lowest BCUT2D eigenvalue weighted by Gasteiger charge is -2.30. The molecule has 0 spiro atoms. The van der Waals surface area contributed by atoms with Gasteiger partial charge in [-0.1, -0.05) is 12.1 Å². The van der Waals surface area contributed by atoms with E-state index in [-0.39, 0.29) is 11.7 Å². The number of primary amides is 1. The zero-order valence-corrected chi connectivity index (χ0v) is 15.0. The lowest BCUT2D eigenvalue weighted by atomic mass is 10.1. The van der Waals surface area contributed by atoms with Crippen LogP contribution < -0.4 is 16.0 Å². The van der Waals surface area contributed by atoms with E-state index in [9.17, 15) is 14.0 Å². The third kappa shape index (κ3) is 4.94. The Bertz CT molecular complexity index is 873. The summed E-state index contributed by atoms with van der Waals surface area (Å²) in [5.41, 5.74) is 7.71. The van der Waals surface area contributed by atoms with Crippen molar-refractivity contribution in [2.75, 3.05) is 23.3 Å². The van der Waals surface area contributed by atoms with Gasteiger partial charge in [0, 0.05) is 24.7 Å². The number of nitrogens with one attached hydrogen (secondary N) is 1. The normalized spacial score (nSPS) is 14.3. The second-order valence-corrected chi connectivity index (χ2v) is 6.52. The monoisotopic (exact) mass is 367 g/mol. The predicted molar refractivity (Wildman–Crippen MR) is 105 cm³/mol. The molecule has 0 bridgehead atoms. The standard InChI is InChI=1S/C21H22FN3O2/c22-17-6-4-5-15(13-17)7-10-20(26)24-18-14-16(21(23)27)8-9-19(18)25-11-2-1-3-12-25/h4-10,13-14H,1-3,11-12H2,(H2,23,27)(H,24,26)/b10-7+. The molecule has 0 aliphatic carbocycles. The molecule has 27 heavy (non-hydrogen) atoms. The van der Waals surface area contributed by atoms with Gasteiger partial charge in [-0.05, 0) is 61.2 Å². The summed E-state index contributed by atoms with van der Waals surface area (Å²) in [4.78, 5) is 26.1. The summed E-state index contributed by atoms with van der Waals surface area (Å²) in [6.45, 7) is 1.80. The van der Waals surface area contributed by atoms with Gasteiger partial charge in [-0.2, -0.15) is 0 Å². The number of amides is 2. The molecule has 1 aliphatic heterocycles. The molecular formula is C21H22FN3O2. The molecule has 2 aromatic carbocycles. The number of piperidine rings is 1. The van der Waals surface area contributed by atoms with Crippen LogP contribution >= 0.6 is 0 Å². The lowest BCUT2D eigenvalue weighted by molar-refractivity contribution is -0.111. The fraction of sp³-hybridized carbons (Fsp3) is 0.238. The number of carbonyl (C=O) groups excluding carboxylic acids is 2. The zero-order valence-electron chi connectivity index (χ0n) is 15.0. The SMILES string of the molecule is NC(=O)c1ccc(N2CCCCC2)c(NC(=O)/C=C/c2cccc(F)c2)c1. The van der Waals surface area contributed by atoms with Crippen molar-refractivity contribution in [3.63, 3.8) is 0 Å². The Morgan fingerprint density at radius 3 is 2.56 bits per heavy atom. The van der Waals surface area contributed by atoms with Gasteiger partial charge in [0.05, 0.1) is 11.4 Å². The second-order valence-electron chi connectivity index (χ2n) is 6.52. The van der Waals surface area contributed by atoms with Crippen molar-refractivity contribution in [1.82, 2.24) is 0 Å². The van der Waals surface area contributed by atoms with Gasteiger partial charge in [-0.15, -0.1) is 0 Å². The van der Waals surface area contributed by atoms with Gasteiger partial charge in [-0.3, -0.25) is 9.59 Å². The average Bonchev–Trinajstić information content (AvgIpc) is 2.67. The van der Waals surface area contributed by atoms with Crippen LogP contribution in [0.3, 0.4) is 0 Å². The summed E-state index contributed by atoms with van der Waals surface area (Å²) in [5.74, 6) is -1.27. The third-order valence-corrected chi connectivity index (χ3v) is 4.51. The van der Waals surface area contributed by atoms with Crippen molar-refractivity contribution in [2.45, 2.75) is 19.3 Å². The Labute approximate surface area is 157 Å². The average molecular weight is 367 g/mol. The van der Waals surface area contributed by atoms with Crippen LogP contribution in [0.5, 0.6) is 0 Å². The number of nitrogens with zero attached hydrogens (tertiary/aromatic N) is 1. The van der Waals surface area contributed by atoms with Gasteiger partial charge < -0.3 is 16.0 Å². The number of carbonyl (C=O) groups is 2. The van der Waals surface area contributed by atoms with E-state index < -0.39 is 5.91 Å². The number of anilines is 2. The number of hydrogen-bond acceptors (Lipinski definition) is 3. The fourth-order valence-electron chi connectivity index (χ4n) is 3.16. The second kappa shape index (κ2) is 8.49. The van der Waals surface area contributed by atoms with Gasteiger partial charge in [-0.25, -0.2) is 4.39 Å². The number of benzene rings is 2. The van der Waals surface area contributed by atoms with Gasteiger partial charge in [0.15, 0.2) is 0 Å². The van der Waals surface area contributed by atoms with E-state index in [2.05, 4.69) is 10.2 Å². The highest BCUT2D eigenvalue weighted by atomic mass is 19.1. The predicted octanol–water partition coefficient (Wildman–Crippen LogP) is 3.57. The van der Waals surface area contributed by atoms with Crippen molar-refractivity contribution in [2.24, 2.45) is 5.73 Å². The molecule has 5 nitrogen and oxygen atoms in total. The van der Waals surface area contributed by atoms with Crippen molar-refractivity contribution in [3.8, 4) is 0 Å². The number of rotatable bonds is 5. The van der Waals surface area contributed by atoms with E-state index in [1.807, 2.05) is 6.07 Å². The van der Waals surface area contributed by atoms with Gasteiger partial charge in [0.1, 0.15) is 5.82 Å². The molecule has 1 aliphatic rings. The van der Waals surface area contributed by atoms with E-state index in [1.165, 1.54) is 30.7 Å². The summed E-state index contributed by atoms with van der Waals surface area (Å²) in [5, 5.41) is 2.82. The van der Waals surface area contributed by atoms with E-state index in [1.54, 1.807) is 24.3 Å². The van der Waals surface area contributed by atoms with Crippen LogP contribution in [0.25, 0.3) is 6.08 Å². The highest BCUT2D eigenvalue weighted by Gasteiger charge is 2.17. The summed E-state index contributed by atoms with van der Waals surface area (Å²) in [6, 6.07) is 11.1. The van der Waals surface area contributed by atoms with Gasteiger partial charge >= 0.3 is 0 Å². The van der Waals surface area contributed by atoms with Gasteiger partial charge in [0.2, 0.25) is 11.8 Å². The largest absolute Gasteiger partial charge is 0.370 e. The smallest absolute Gasteiger partial charge is 0.248 e. The molecule has 0 aromatic heterocycles. The summed E-state index contributed by atoms with van der Waals surface area (Å²) in [6.07, 6.45) is 6.24. The molecule has 1 heterocycles. The molecule has 1 saturated heterocycles. The molecule has 2 amide bonds. The van der Waals surface area contributed by atoms with Crippen LogP contribution in [0.15, 0.2) is 48.5 Å². The first-order chi connectivity index (χ1) is 13.0. The fourth-order valence-corrected chi connectivity index (χ4v) is 3.16. The topological polar surface area (TPSA) is 75.4 Å². The van der Waals surface area contributed by atoms with E-state index in [4.69, 9.17) is 5.73 Å². The Hall–Kier alpha value is -3.15. The first kappa shape index (κ1) is 18.6. The molecule has 0 radical (unpaired) electrons. The maximum atomic E-state index is 13.2. The van der Waals surface area contributed by atoms with Crippen LogP contribution in [-0.4, -0.2) is 24.9 Å². The van der Waals surface area contributed by atoms with Crippen LogP contribution in [0.1, 0.15) is 35.2 Å². The molecule has 3 N–H and O–H groups in total. The first-order valence-electron chi connectivity index (χ1n) is 8.96. The van der Waals surface area contributed by atoms with Crippen LogP contribution in [0.4, 0.5) is 15.8 Å². The molecule has 0 atom stereocenters. The number of halogens is 1. The Balaban J connectivity index is 1.81. The zero-order chi connectivity index (χ0) is 19.2. The molecular weight excluding hydrogens is 345 g/mol. The maximum absolute atomic E-state index is 13.2. The summed E-state index contributed by atoms with van der Waals surface area (Å²) in [7, 11) is 0. The maximum Gasteiger partial charge on any atom is 0.248 e. The third-order valence-electron chi connectivity index (χ3n) is 4.51. The quantitative estimate of drug-likeness (QED) is 0.794. The number of hydrogen-bond donors (Lipinski definition) is 2. The highest BCUT2D eigenvalue weighted by molar-refractivity contribution is 6.05. The molecule has 0 unspecified atom stereocenters. The molecule has 6 heteroatoms. The molecule has 140 valence electrons. The van der Waals surface area contributed by atoms with E-state index in [0.717, 1.165) is 31.6 Å². The summed E-state index contributed by atoms with van der Waals surface area (Å²) >= 11 is 0. The minimum absolute atomic E-state index is 0.333. The Morgan fingerprint density at radius 1 is 1.07 bits per heavy atom. The number of nitrogens with two attached hydrogens (primary N) is 1. The van der Waals surface area contributed by atoms with Crippen LogP contribution in [0.2, 0.25) is 0 Å². The molecule has 2 aromatic rings. The van der Waals surface area contributed by atoms with Gasteiger partial charge in [0.25, 0.3) is 0 Å².